The topological polar surface area (TPSA) is 16.3 Å². The van der Waals surface area contributed by atoms with Gasteiger partial charge in [-0.1, -0.05) is 203 Å². The third-order valence-electron chi connectivity index (χ3n) is 22.2. The molecular weight excluding hydrogens is 1110 g/mol. The Labute approximate surface area is 544 Å². The fourth-order valence-electron chi connectivity index (χ4n) is 16.7. The van der Waals surface area contributed by atoms with E-state index >= 15 is 0 Å². The average Bonchev–Trinajstić information content (AvgIpc) is 0.884. The Balaban J connectivity index is 0.998. The van der Waals surface area contributed by atoms with Gasteiger partial charge in [-0.05, 0) is 226 Å². The first-order valence-electron chi connectivity index (χ1n) is 34.6. The van der Waals surface area contributed by atoms with Crippen LogP contribution in [-0.2, 0) is 36.5 Å². The van der Waals surface area contributed by atoms with E-state index in [9.17, 15) is 0 Å². The highest BCUT2D eigenvalue weighted by atomic mass is 15.2. The highest BCUT2D eigenvalue weighted by molar-refractivity contribution is 6.30. The summed E-state index contributed by atoms with van der Waals surface area (Å²) in [7, 11) is 0. The number of rotatable bonds is 14. The minimum absolute atomic E-state index is 0.0315. The van der Waals surface area contributed by atoms with Crippen LogP contribution in [0, 0.1) is 0 Å². The number of aryl methyl sites for hydroxylation is 2. The number of hydrogen-bond donors (Lipinski definition) is 0. The Kier molecular flexibility index (Phi) is 14.1. The predicted molar refractivity (Wildman–Crippen MR) is 396 cm³/mol. The molecular formula is C88H86N4. The van der Waals surface area contributed by atoms with Crippen LogP contribution in [0.4, 0.5) is 34.1 Å². The van der Waals surface area contributed by atoms with Crippen LogP contribution in [-0.4, -0.2) is 9.13 Å². The molecule has 2 aliphatic carbocycles. The van der Waals surface area contributed by atoms with Crippen LogP contribution in [0.5, 0.6) is 0 Å². The lowest BCUT2D eigenvalue weighted by Gasteiger charge is -2.34. The molecule has 4 heteroatoms. The second-order valence-corrected chi connectivity index (χ2v) is 28.9. The van der Waals surface area contributed by atoms with Crippen molar-refractivity contribution in [3.8, 4) is 11.4 Å². The summed E-state index contributed by atoms with van der Waals surface area (Å²) in [6, 6.07) is 80.8. The standard InChI is InChI=1S/C88H86N4/c1-11-87(7,8)73-35-19-23-39-79(73)91-77-37-21-17-33-63(77)65-45-43-59(51-81(65)91)89(75-41-25-29-57-27-13-15-31-61(57)75)83-53-71(55(3)4)67-48-50-70-84(54-72(56(5)6)68-47-49-69(83)85(67)86(68)70)90(76-42-26-30-58-28-14-16-32-62(58)76)60-44-46-66-64-34-18-22-38-78(64)92(82(66)52-60)80-40-24-20-36-74(80)88(9,10)12-2/h17-26,29-30,33-56H,11-16,27-28,31-32H2,1-10H3. The summed E-state index contributed by atoms with van der Waals surface area (Å²) < 4.78 is 5.16. The van der Waals surface area contributed by atoms with E-state index in [0.29, 0.717) is 0 Å². The molecule has 0 aliphatic heterocycles. The van der Waals surface area contributed by atoms with E-state index in [1.807, 2.05) is 0 Å². The van der Waals surface area contributed by atoms with Gasteiger partial charge in [-0.3, -0.25) is 0 Å². The van der Waals surface area contributed by atoms with Crippen molar-refractivity contribution in [3.63, 3.8) is 0 Å². The first-order chi connectivity index (χ1) is 44.7. The van der Waals surface area contributed by atoms with Crippen LogP contribution in [0.2, 0.25) is 0 Å². The van der Waals surface area contributed by atoms with Crippen molar-refractivity contribution < 1.29 is 0 Å². The van der Waals surface area contributed by atoms with Gasteiger partial charge in [0.25, 0.3) is 0 Å². The van der Waals surface area contributed by atoms with Crippen LogP contribution < -0.4 is 9.80 Å². The Morgan fingerprint density at radius 1 is 0.348 bits per heavy atom. The number of nitrogens with zero attached hydrogens (tertiary/aromatic N) is 4. The lowest BCUT2D eigenvalue weighted by Crippen LogP contribution is -2.18. The van der Waals surface area contributed by atoms with Gasteiger partial charge in [-0.2, -0.15) is 0 Å². The number of aromatic nitrogens is 2. The smallest absolute Gasteiger partial charge is 0.0562 e. The SMILES string of the molecule is CCC(C)(C)c1ccccc1-n1c2ccccc2c2ccc(N(c3cccc4c3CCCC4)c3cc(C(C)C)c4ccc5c(N(c6ccc7c8ccccc8n(-c8ccccc8C(C)(C)CC)c7c6)c6cccc7c6CCCC7)cc(C(C)C)c6ccc3c4c65)cc21. The Hall–Kier alpha value is -9.12. The van der Waals surface area contributed by atoms with E-state index in [2.05, 4.69) is 294 Å². The molecule has 2 aromatic heterocycles. The molecule has 0 saturated carbocycles. The Bertz CT molecular complexity index is 4910. The van der Waals surface area contributed by atoms with E-state index in [0.717, 1.165) is 38.5 Å². The molecule has 0 radical (unpaired) electrons. The number of benzene rings is 12. The number of anilines is 6. The highest BCUT2D eigenvalue weighted by Gasteiger charge is 2.32. The van der Waals surface area contributed by atoms with Crippen LogP contribution in [0.3, 0.4) is 0 Å². The van der Waals surface area contributed by atoms with Crippen molar-refractivity contribution in [1.29, 1.82) is 0 Å². The molecule has 12 aromatic carbocycles. The van der Waals surface area contributed by atoms with Gasteiger partial charge in [0.2, 0.25) is 0 Å². The predicted octanol–water partition coefficient (Wildman–Crippen LogP) is 25.1. The molecule has 0 bridgehead atoms. The zero-order chi connectivity index (χ0) is 62.9. The third-order valence-corrected chi connectivity index (χ3v) is 22.2. The highest BCUT2D eigenvalue weighted by Crippen LogP contribution is 2.54. The summed E-state index contributed by atoms with van der Waals surface area (Å²) in [6.07, 6.45) is 11.2. The van der Waals surface area contributed by atoms with E-state index in [1.54, 1.807) is 0 Å². The van der Waals surface area contributed by atoms with Crippen LogP contribution in [0.15, 0.2) is 206 Å². The van der Waals surface area contributed by atoms with Crippen molar-refractivity contribution in [2.24, 2.45) is 0 Å². The minimum atomic E-state index is -0.0315. The first-order valence-corrected chi connectivity index (χ1v) is 34.6. The molecule has 0 atom stereocenters. The van der Waals surface area contributed by atoms with Crippen molar-refractivity contribution in [2.75, 3.05) is 9.80 Å². The fourth-order valence-corrected chi connectivity index (χ4v) is 16.7. The summed E-state index contributed by atoms with van der Waals surface area (Å²) in [5.41, 5.74) is 26.2. The van der Waals surface area contributed by atoms with Gasteiger partial charge >= 0.3 is 0 Å². The molecule has 0 N–H and O–H groups in total. The van der Waals surface area contributed by atoms with Gasteiger partial charge < -0.3 is 18.9 Å². The molecule has 14 aromatic rings. The maximum Gasteiger partial charge on any atom is 0.0562 e. The fraction of sp³-hybridized carbons (Fsp3) is 0.273. The maximum atomic E-state index is 2.70. The summed E-state index contributed by atoms with van der Waals surface area (Å²) in [6.45, 7) is 23.9. The second kappa shape index (κ2) is 22.3. The first kappa shape index (κ1) is 58.0. The molecule has 0 unspecified atom stereocenters. The number of hydrogen-bond acceptors (Lipinski definition) is 2. The molecule has 92 heavy (non-hydrogen) atoms. The second-order valence-electron chi connectivity index (χ2n) is 28.9. The molecule has 16 rings (SSSR count). The summed E-state index contributed by atoms with van der Waals surface area (Å²) in [4.78, 5) is 5.40. The van der Waals surface area contributed by atoms with Crippen LogP contribution >= 0.6 is 0 Å². The van der Waals surface area contributed by atoms with E-state index in [1.165, 1.54) is 192 Å². The Morgan fingerprint density at radius 2 is 0.717 bits per heavy atom. The quantitative estimate of drug-likeness (QED) is 0.101. The minimum Gasteiger partial charge on any atom is -0.309 e. The van der Waals surface area contributed by atoms with Crippen LogP contribution in [0.1, 0.15) is 164 Å². The normalized spacial score (nSPS) is 13.9. The van der Waals surface area contributed by atoms with E-state index in [-0.39, 0.29) is 22.7 Å². The lowest BCUT2D eigenvalue weighted by molar-refractivity contribution is 0.504. The van der Waals surface area contributed by atoms with Crippen LogP contribution in [0.25, 0.3) is 87.3 Å². The Morgan fingerprint density at radius 3 is 1.14 bits per heavy atom. The molecule has 2 heterocycles. The van der Waals surface area contributed by atoms with E-state index in [4.69, 9.17) is 0 Å². The molecule has 0 fully saturated rings. The summed E-state index contributed by atoms with van der Waals surface area (Å²) in [5.74, 6) is 0.493. The van der Waals surface area contributed by atoms with Crippen molar-refractivity contribution in [3.05, 3.63) is 251 Å². The molecule has 4 nitrogen and oxygen atoms in total. The van der Waals surface area contributed by atoms with Gasteiger partial charge in [0.05, 0.1) is 33.4 Å². The van der Waals surface area contributed by atoms with Crippen molar-refractivity contribution >= 4 is 110 Å². The number of para-hydroxylation sites is 4. The van der Waals surface area contributed by atoms with Gasteiger partial charge in [0.1, 0.15) is 0 Å². The zero-order valence-corrected chi connectivity index (χ0v) is 55.6. The maximum absolute atomic E-state index is 2.70. The molecule has 2 aliphatic rings. The van der Waals surface area contributed by atoms with Gasteiger partial charge in [-0.15, -0.1) is 0 Å². The monoisotopic (exact) mass is 1200 g/mol. The van der Waals surface area contributed by atoms with Crippen molar-refractivity contribution in [1.82, 2.24) is 9.13 Å². The van der Waals surface area contributed by atoms with E-state index < -0.39 is 0 Å². The number of fused-ring (bicyclic) bond motifs is 8. The van der Waals surface area contributed by atoms with Gasteiger partial charge in [0, 0.05) is 66.4 Å². The van der Waals surface area contributed by atoms with Crippen molar-refractivity contribution in [2.45, 2.75) is 156 Å². The lowest BCUT2D eigenvalue weighted by atomic mass is 9.81. The molecule has 0 saturated heterocycles. The summed E-state index contributed by atoms with van der Waals surface area (Å²) >= 11 is 0. The molecule has 0 spiro atoms. The third kappa shape index (κ3) is 9.04. The average molecular weight is 1200 g/mol. The zero-order valence-electron chi connectivity index (χ0n) is 55.6. The van der Waals surface area contributed by atoms with Gasteiger partial charge in [0.15, 0.2) is 0 Å². The molecule has 0 amide bonds. The van der Waals surface area contributed by atoms with Gasteiger partial charge in [-0.25, -0.2) is 0 Å². The largest absolute Gasteiger partial charge is 0.309 e. The molecule has 458 valence electrons. The summed E-state index contributed by atoms with van der Waals surface area (Å²) in [5, 5.41) is 13.0.